The SMILES string of the molecule is CCCC(O)CNC(=O)NCc1c(CC)noc1CC. The number of amides is 2. The molecule has 6 heteroatoms. The highest BCUT2D eigenvalue weighted by Crippen LogP contribution is 2.15. The van der Waals surface area contributed by atoms with Crippen molar-refractivity contribution in [2.45, 2.75) is 59.1 Å². The second kappa shape index (κ2) is 8.58. The maximum absolute atomic E-state index is 11.7. The highest BCUT2D eigenvalue weighted by Gasteiger charge is 2.14. The number of nitrogens with zero attached hydrogens (tertiary/aromatic N) is 1. The summed E-state index contributed by atoms with van der Waals surface area (Å²) in [4.78, 5) is 11.7. The van der Waals surface area contributed by atoms with Gasteiger partial charge in [0.05, 0.1) is 11.8 Å². The summed E-state index contributed by atoms with van der Waals surface area (Å²) >= 11 is 0. The molecule has 0 saturated heterocycles. The fourth-order valence-corrected chi connectivity index (χ4v) is 2.01. The Hall–Kier alpha value is -1.56. The normalized spacial score (nSPS) is 12.2. The van der Waals surface area contributed by atoms with Crippen LogP contribution < -0.4 is 10.6 Å². The van der Waals surface area contributed by atoms with Crippen molar-refractivity contribution in [1.29, 1.82) is 0 Å². The van der Waals surface area contributed by atoms with E-state index in [-0.39, 0.29) is 12.6 Å². The molecule has 0 saturated carbocycles. The fraction of sp³-hybridized carbons (Fsp3) is 0.714. The van der Waals surface area contributed by atoms with Gasteiger partial charge in [0.1, 0.15) is 5.76 Å². The van der Waals surface area contributed by atoms with Crippen LogP contribution in [-0.4, -0.2) is 28.9 Å². The fourth-order valence-electron chi connectivity index (χ4n) is 2.01. The summed E-state index contributed by atoms with van der Waals surface area (Å²) in [6.07, 6.45) is 2.62. The lowest BCUT2D eigenvalue weighted by molar-refractivity contribution is 0.160. The summed E-state index contributed by atoms with van der Waals surface area (Å²) in [6, 6.07) is -0.287. The summed E-state index contributed by atoms with van der Waals surface area (Å²) in [5.41, 5.74) is 1.84. The standard InChI is InChI=1S/C14H25N3O3/c1-4-7-10(18)8-15-14(19)16-9-11-12(5-2)17-20-13(11)6-3/h10,18H,4-9H2,1-3H3,(H2,15,16,19). The lowest BCUT2D eigenvalue weighted by atomic mass is 10.1. The number of aliphatic hydroxyl groups excluding tert-OH is 1. The Morgan fingerprint density at radius 3 is 2.65 bits per heavy atom. The number of rotatable bonds is 8. The zero-order chi connectivity index (χ0) is 15.0. The molecule has 6 nitrogen and oxygen atoms in total. The molecular formula is C14H25N3O3. The zero-order valence-corrected chi connectivity index (χ0v) is 12.5. The van der Waals surface area contributed by atoms with Crippen molar-refractivity contribution in [2.75, 3.05) is 6.54 Å². The maximum Gasteiger partial charge on any atom is 0.315 e. The summed E-state index contributed by atoms with van der Waals surface area (Å²) in [5, 5.41) is 19.0. The van der Waals surface area contributed by atoms with Gasteiger partial charge in [0, 0.05) is 25.1 Å². The van der Waals surface area contributed by atoms with Gasteiger partial charge >= 0.3 is 6.03 Å². The molecule has 1 aromatic heterocycles. The van der Waals surface area contributed by atoms with Crippen molar-refractivity contribution in [3.8, 4) is 0 Å². The Balaban J connectivity index is 2.42. The van der Waals surface area contributed by atoms with E-state index in [1.165, 1.54) is 0 Å². The van der Waals surface area contributed by atoms with E-state index in [2.05, 4.69) is 15.8 Å². The number of aromatic nitrogens is 1. The minimum atomic E-state index is -0.487. The van der Waals surface area contributed by atoms with Crippen molar-refractivity contribution in [3.63, 3.8) is 0 Å². The van der Waals surface area contributed by atoms with E-state index in [0.717, 1.165) is 36.3 Å². The topological polar surface area (TPSA) is 87.4 Å². The van der Waals surface area contributed by atoms with Crippen molar-refractivity contribution >= 4 is 6.03 Å². The summed E-state index contributed by atoms with van der Waals surface area (Å²) < 4.78 is 5.24. The average Bonchev–Trinajstić information content (AvgIpc) is 2.85. The van der Waals surface area contributed by atoms with Gasteiger partial charge in [0.2, 0.25) is 0 Å². The van der Waals surface area contributed by atoms with Crippen molar-refractivity contribution in [3.05, 3.63) is 17.0 Å². The van der Waals surface area contributed by atoms with Crippen LogP contribution in [0.4, 0.5) is 4.79 Å². The van der Waals surface area contributed by atoms with Crippen LogP contribution in [-0.2, 0) is 19.4 Å². The molecule has 0 spiro atoms. The van der Waals surface area contributed by atoms with E-state index in [4.69, 9.17) is 4.52 Å². The monoisotopic (exact) mass is 283 g/mol. The predicted octanol–water partition coefficient (Wildman–Crippen LogP) is 1.76. The van der Waals surface area contributed by atoms with E-state index in [0.29, 0.717) is 13.0 Å². The highest BCUT2D eigenvalue weighted by molar-refractivity contribution is 5.73. The van der Waals surface area contributed by atoms with Gasteiger partial charge in [-0.25, -0.2) is 4.79 Å². The number of nitrogens with one attached hydrogen (secondary N) is 2. The van der Waals surface area contributed by atoms with Crippen LogP contribution in [0, 0.1) is 0 Å². The van der Waals surface area contributed by atoms with Crippen LogP contribution in [0.15, 0.2) is 4.52 Å². The van der Waals surface area contributed by atoms with Crippen molar-refractivity contribution in [2.24, 2.45) is 0 Å². The molecule has 1 atom stereocenters. The van der Waals surface area contributed by atoms with Crippen LogP contribution in [0.5, 0.6) is 0 Å². The van der Waals surface area contributed by atoms with Crippen LogP contribution in [0.25, 0.3) is 0 Å². The third-order valence-corrected chi connectivity index (χ3v) is 3.15. The number of aryl methyl sites for hydroxylation is 2. The number of aliphatic hydroxyl groups is 1. The first-order valence-corrected chi connectivity index (χ1v) is 7.28. The first-order valence-electron chi connectivity index (χ1n) is 7.28. The number of carbonyl (C=O) groups is 1. The summed E-state index contributed by atoms with van der Waals surface area (Å²) in [6.45, 7) is 6.65. The molecule has 3 N–H and O–H groups in total. The molecule has 0 aliphatic rings. The van der Waals surface area contributed by atoms with Crippen molar-refractivity contribution < 1.29 is 14.4 Å². The number of hydrogen-bond donors (Lipinski definition) is 3. The Kier molecular flexibility index (Phi) is 7.08. The second-order valence-electron chi connectivity index (χ2n) is 4.74. The molecule has 1 aromatic rings. The maximum atomic E-state index is 11.7. The number of carbonyl (C=O) groups excluding carboxylic acids is 1. The smallest absolute Gasteiger partial charge is 0.315 e. The van der Waals surface area contributed by atoms with Crippen molar-refractivity contribution in [1.82, 2.24) is 15.8 Å². The molecule has 2 amide bonds. The van der Waals surface area contributed by atoms with Gasteiger partial charge in [0.15, 0.2) is 0 Å². The molecule has 1 unspecified atom stereocenters. The lowest BCUT2D eigenvalue weighted by Crippen LogP contribution is -2.39. The van der Waals surface area contributed by atoms with Gasteiger partial charge in [-0.1, -0.05) is 32.3 Å². The summed E-state index contributed by atoms with van der Waals surface area (Å²) in [7, 11) is 0. The van der Waals surface area contributed by atoms with E-state index < -0.39 is 6.10 Å². The van der Waals surface area contributed by atoms with E-state index in [1.54, 1.807) is 0 Å². The van der Waals surface area contributed by atoms with Crippen LogP contribution in [0.1, 0.15) is 50.6 Å². The molecule has 0 bridgehead atoms. The van der Waals surface area contributed by atoms with Gasteiger partial charge < -0.3 is 20.3 Å². The Bertz CT molecular complexity index is 396. The third kappa shape index (κ3) is 4.85. The quantitative estimate of drug-likeness (QED) is 0.678. The molecule has 0 aromatic carbocycles. The molecule has 0 fully saturated rings. The largest absolute Gasteiger partial charge is 0.391 e. The third-order valence-electron chi connectivity index (χ3n) is 3.15. The molecule has 0 aliphatic carbocycles. The molecule has 20 heavy (non-hydrogen) atoms. The van der Waals surface area contributed by atoms with E-state index in [1.807, 2.05) is 20.8 Å². The lowest BCUT2D eigenvalue weighted by Gasteiger charge is -2.11. The number of urea groups is 1. The van der Waals surface area contributed by atoms with Crippen LogP contribution in [0.3, 0.4) is 0 Å². The molecule has 0 radical (unpaired) electrons. The first-order chi connectivity index (χ1) is 9.62. The first kappa shape index (κ1) is 16.5. The molecule has 114 valence electrons. The molecule has 1 heterocycles. The predicted molar refractivity (Wildman–Crippen MR) is 76.4 cm³/mol. The van der Waals surface area contributed by atoms with Gasteiger partial charge in [-0.2, -0.15) is 0 Å². The summed E-state index contributed by atoms with van der Waals surface area (Å²) in [5.74, 6) is 0.813. The van der Waals surface area contributed by atoms with E-state index >= 15 is 0 Å². The van der Waals surface area contributed by atoms with Gasteiger partial charge in [-0.3, -0.25) is 0 Å². The van der Waals surface area contributed by atoms with Gasteiger partial charge in [-0.15, -0.1) is 0 Å². The number of hydrogen-bond acceptors (Lipinski definition) is 4. The zero-order valence-electron chi connectivity index (χ0n) is 12.5. The van der Waals surface area contributed by atoms with Gasteiger partial charge in [0.25, 0.3) is 0 Å². The molecule has 0 aliphatic heterocycles. The average molecular weight is 283 g/mol. The minimum absolute atomic E-state index is 0.268. The highest BCUT2D eigenvalue weighted by atomic mass is 16.5. The Morgan fingerprint density at radius 1 is 1.30 bits per heavy atom. The van der Waals surface area contributed by atoms with Crippen LogP contribution >= 0.6 is 0 Å². The Labute approximate surface area is 119 Å². The van der Waals surface area contributed by atoms with Crippen LogP contribution in [0.2, 0.25) is 0 Å². The Morgan fingerprint density at radius 2 is 2.05 bits per heavy atom. The molecule has 1 rings (SSSR count). The minimum Gasteiger partial charge on any atom is -0.391 e. The molecular weight excluding hydrogens is 258 g/mol. The second-order valence-corrected chi connectivity index (χ2v) is 4.74. The van der Waals surface area contributed by atoms with Gasteiger partial charge in [-0.05, 0) is 12.8 Å². The van der Waals surface area contributed by atoms with E-state index in [9.17, 15) is 9.90 Å².